The van der Waals surface area contributed by atoms with Crippen LogP contribution in [-0.4, -0.2) is 56.8 Å². The molecule has 1 N–H and O–H groups in total. The molecule has 8 heteroatoms. The number of benzene rings is 2. The average molecular weight is 377 g/mol. The highest BCUT2D eigenvalue weighted by Gasteiger charge is 2.27. The second kappa shape index (κ2) is 7.53. The van der Waals surface area contributed by atoms with Gasteiger partial charge in [-0.3, -0.25) is 4.79 Å². The summed E-state index contributed by atoms with van der Waals surface area (Å²) in [7, 11) is -1.69. The molecule has 1 aliphatic rings. The number of piperazine rings is 1. The van der Waals surface area contributed by atoms with Crippen LogP contribution in [0, 0.1) is 5.82 Å². The van der Waals surface area contributed by atoms with E-state index in [-0.39, 0.29) is 10.5 Å². The van der Waals surface area contributed by atoms with Gasteiger partial charge in [0.1, 0.15) is 5.82 Å². The van der Waals surface area contributed by atoms with Gasteiger partial charge in [0.25, 0.3) is 5.91 Å². The lowest BCUT2D eigenvalue weighted by Crippen LogP contribution is -2.47. The van der Waals surface area contributed by atoms with Crippen LogP contribution in [0.5, 0.6) is 0 Å². The number of nitrogens with one attached hydrogen (secondary N) is 1. The van der Waals surface area contributed by atoms with E-state index in [1.54, 1.807) is 18.2 Å². The maximum absolute atomic E-state index is 13.7. The van der Waals surface area contributed by atoms with Crippen LogP contribution < -0.4 is 5.32 Å². The molecule has 0 spiro atoms. The molecule has 1 heterocycles. The van der Waals surface area contributed by atoms with Crippen LogP contribution in [0.4, 0.5) is 10.1 Å². The SMILES string of the molecule is CN1CCN(S(=O)(=O)c2cccc(NC(=O)c3ccccc3F)c2)CC1. The molecule has 0 saturated carbocycles. The van der Waals surface area contributed by atoms with Crippen molar-refractivity contribution in [3.05, 3.63) is 59.9 Å². The van der Waals surface area contributed by atoms with Crippen LogP contribution in [0.25, 0.3) is 0 Å². The zero-order valence-corrected chi connectivity index (χ0v) is 15.2. The van der Waals surface area contributed by atoms with Crippen molar-refractivity contribution in [2.45, 2.75) is 4.90 Å². The molecular formula is C18H20FN3O3S. The molecule has 6 nitrogen and oxygen atoms in total. The fourth-order valence-electron chi connectivity index (χ4n) is 2.76. The molecule has 26 heavy (non-hydrogen) atoms. The molecule has 0 aromatic heterocycles. The largest absolute Gasteiger partial charge is 0.322 e. The molecule has 138 valence electrons. The van der Waals surface area contributed by atoms with Gasteiger partial charge in [-0.1, -0.05) is 18.2 Å². The fraction of sp³-hybridized carbons (Fsp3) is 0.278. The standard InChI is InChI=1S/C18H20FN3O3S/c1-21-9-11-22(12-10-21)26(24,25)15-6-4-5-14(13-15)20-18(23)16-7-2-3-8-17(16)19/h2-8,13H,9-12H2,1H3,(H,20,23). The van der Waals surface area contributed by atoms with Crippen molar-refractivity contribution in [3.63, 3.8) is 0 Å². The minimum absolute atomic E-state index is 0.0974. The number of nitrogens with zero attached hydrogens (tertiary/aromatic N) is 2. The number of anilines is 1. The molecule has 3 rings (SSSR count). The Balaban J connectivity index is 1.80. The number of hydrogen-bond donors (Lipinski definition) is 1. The Bertz CT molecular complexity index is 909. The van der Waals surface area contributed by atoms with Gasteiger partial charge in [-0.2, -0.15) is 4.31 Å². The van der Waals surface area contributed by atoms with Gasteiger partial charge in [-0.25, -0.2) is 12.8 Å². The minimum atomic E-state index is -3.64. The summed E-state index contributed by atoms with van der Waals surface area (Å²) < 4.78 is 40.7. The number of hydrogen-bond acceptors (Lipinski definition) is 4. The van der Waals surface area contributed by atoms with Crippen molar-refractivity contribution in [3.8, 4) is 0 Å². The van der Waals surface area contributed by atoms with E-state index in [0.717, 1.165) is 0 Å². The smallest absolute Gasteiger partial charge is 0.258 e. The van der Waals surface area contributed by atoms with Crippen molar-refractivity contribution in [1.82, 2.24) is 9.21 Å². The summed E-state index contributed by atoms with van der Waals surface area (Å²) in [5, 5.41) is 2.55. The Morgan fingerprint density at radius 3 is 2.42 bits per heavy atom. The quantitative estimate of drug-likeness (QED) is 0.885. The predicted molar refractivity (Wildman–Crippen MR) is 97.1 cm³/mol. The summed E-state index contributed by atoms with van der Waals surface area (Å²) in [5.74, 6) is -1.26. The third-order valence-electron chi connectivity index (χ3n) is 4.31. The van der Waals surface area contributed by atoms with Gasteiger partial charge in [0.2, 0.25) is 10.0 Å². The first-order chi connectivity index (χ1) is 12.4. The zero-order valence-electron chi connectivity index (χ0n) is 14.4. The van der Waals surface area contributed by atoms with Gasteiger partial charge in [-0.05, 0) is 37.4 Å². The molecule has 1 saturated heterocycles. The van der Waals surface area contributed by atoms with Crippen molar-refractivity contribution < 1.29 is 17.6 Å². The van der Waals surface area contributed by atoms with E-state index in [2.05, 4.69) is 10.2 Å². The Morgan fingerprint density at radius 1 is 1.04 bits per heavy atom. The van der Waals surface area contributed by atoms with Crippen molar-refractivity contribution >= 4 is 21.6 Å². The Morgan fingerprint density at radius 2 is 1.73 bits per heavy atom. The topological polar surface area (TPSA) is 69.7 Å². The van der Waals surface area contributed by atoms with Crippen LogP contribution in [0.2, 0.25) is 0 Å². The predicted octanol–water partition coefficient (Wildman–Crippen LogP) is 2.01. The third kappa shape index (κ3) is 3.92. The molecule has 0 atom stereocenters. The summed E-state index contributed by atoms with van der Waals surface area (Å²) >= 11 is 0. The number of carbonyl (C=O) groups is 1. The van der Waals surface area contributed by atoms with Gasteiger partial charge in [-0.15, -0.1) is 0 Å². The molecule has 1 fully saturated rings. The second-order valence-corrected chi connectivity index (χ2v) is 8.11. The fourth-order valence-corrected chi connectivity index (χ4v) is 4.22. The highest BCUT2D eigenvalue weighted by molar-refractivity contribution is 7.89. The van der Waals surface area contributed by atoms with Crippen molar-refractivity contribution in [1.29, 1.82) is 0 Å². The number of sulfonamides is 1. The van der Waals surface area contributed by atoms with Gasteiger partial charge in [0, 0.05) is 31.9 Å². The average Bonchev–Trinajstić information content (AvgIpc) is 2.62. The van der Waals surface area contributed by atoms with E-state index < -0.39 is 21.7 Å². The van der Waals surface area contributed by atoms with Crippen LogP contribution >= 0.6 is 0 Å². The molecule has 0 bridgehead atoms. The van der Waals surface area contributed by atoms with Gasteiger partial charge in [0.15, 0.2) is 0 Å². The van der Waals surface area contributed by atoms with Crippen LogP contribution in [0.1, 0.15) is 10.4 Å². The molecule has 2 aromatic rings. The normalized spacial score (nSPS) is 16.4. The summed E-state index contributed by atoms with van der Waals surface area (Å²) in [6.07, 6.45) is 0. The van der Waals surface area contributed by atoms with E-state index in [1.807, 2.05) is 7.05 Å². The first-order valence-electron chi connectivity index (χ1n) is 8.22. The van der Waals surface area contributed by atoms with Crippen LogP contribution in [-0.2, 0) is 10.0 Å². The summed E-state index contributed by atoms with van der Waals surface area (Å²) in [4.78, 5) is 14.4. The monoisotopic (exact) mass is 377 g/mol. The van der Waals surface area contributed by atoms with E-state index in [9.17, 15) is 17.6 Å². The summed E-state index contributed by atoms with van der Waals surface area (Å²) in [6, 6.07) is 11.6. The van der Waals surface area contributed by atoms with E-state index in [4.69, 9.17) is 0 Å². The van der Waals surface area contributed by atoms with E-state index >= 15 is 0 Å². The molecular weight excluding hydrogens is 357 g/mol. The second-order valence-electron chi connectivity index (χ2n) is 6.17. The maximum Gasteiger partial charge on any atom is 0.258 e. The maximum atomic E-state index is 13.7. The van der Waals surface area contributed by atoms with Gasteiger partial charge < -0.3 is 10.2 Å². The Labute approximate surface area is 152 Å². The van der Waals surface area contributed by atoms with Gasteiger partial charge in [0.05, 0.1) is 10.5 Å². The minimum Gasteiger partial charge on any atom is -0.322 e. The van der Waals surface area contributed by atoms with Gasteiger partial charge >= 0.3 is 0 Å². The molecule has 0 aliphatic carbocycles. The lowest BCUT2D eigenvalue weighted by atomic mass is 10.2. The molecule has 0 radical (unpaired) electrons. The van der Waals surface area contributed by atoms with E-state index in [0.29, 0.717) is 31.9 Å². The first-order valence-corrected chi connectivity index (χ1v) is 9.66. The van der Waals surface area contributed by atoms with Crippen LogP contribution in [0.3, 0.4) is 0 Å². The molecule has 2 aromatic carbocycles. The number of halogens is 1. The molecule has 1 aliphatic heterocycles. The number of likely N-dealkylation sites (N-methyl/N-ethyl adjacent to an activating group) is 1. The number of amides is 1. The Hall–Kier alpha value is -2.29. The zero-order chi connectivity index (χ0) is 18.7. The molecule has 1 amide bonds. The lowest BCUT2D eigenvalue weighted by molar-refractivity contribution is 0.102. The van der Waals surface area contributed by atoms with Crippen molar-refractivity contribution in [2.75, 3.05) is 38.5 Å². The number of carbonyl (C=O) groups excluding carboxylic acids is 1. The molecule has 0 unspecified atom stereocenters. The highest BCUT2D eigenvalue weighted by Crippen LogP contribution is 2.21. The third-order valence-corrected chi connectivity index (χ3v) is 6.21. The van der Waals surface area contributed by atoms with E-state index in [1.165, 1.54) is 34.6 Å². The lowest BCUT2D eigenvalue weighted by Gasteiger charge is -2.31. The summed E-state index contributed by atoms with van der Waals surface area (Å²) in [5.41, 5.74) is 0.202. The first kappa shape index (κ1) is 18.5. The number of rotatable bonds is 4. The highest BCUT2D eigenvalue weighted by atomic mass is 32.2. The Kier molecular flexibility index (Phi) is 5.36. The van der Waals surface area contributed by atoms with Crippen molar-refractivity contribution in [2.24, 2.45) is 0 Å². The summed E-state index contributed by atoms with van der Waals surface area (Å²) in [6.45, 7) is 2.18. The van der Waals surface area contributed by atoms with Crippen LogP contribution in [0.15, 0.2) is 53.4 Å².